The lowest BCUT2D eigenvalue weighted by molar-refractivity contribution is -0.385. The molecule has 0 saturated heterocycles. The van der Waals surface area contributed by atoms with E-state index in [-0.39, 0.29) is 17.9 Å². The summed E-state index contributed by atoms with van der Waals surface area (Å²) in [5.74, 6) is -0.827. The van der Waals surface area contributed by atoms with E-state index < -0.39 is 16.4 Å². The zero-order valence-electron chi connectivity index (χ0n) is 11.0. The first-order valence-electron chi connectivity index (χ1n) is 5.98. The molecule has 1 amide bonds. The van der Waals surface area contributed by atoms with Crippen molar-refractivity contribution in [3.8, 4) is 5.75 Å². The van der Waals surface area contributed by atoms with Gasteiger partial charge in [0.15, 0.2) is 0 Å². The molecule has 2 aromatic rings. The summed E-state index contributed by atoms with van der Waals surface area (Å²) >= 11 is 4.57. The van der Waals surface area contributed by atoms with Gasteiger partial charge in [-0.25, -0.2) is 5.43 Å². The first-order chi connectivity index (χ1) is 10.5. The van der Waals surface area contributed by atoms with Crippen LogP contribution in [0.1, 0.15) is 10.4 Å². The highest BCUT2D eigenvalue weighted by molar-refractivity contribution is 9.10. The number of aromatic hydroxyl groups is 1. The summed E-state index contributed by atoms with van der Waals surface area (Å²) in [4.78, 5) is 22.6. The number of thiophene rings is 1. The van der Waals surface area contributed by atoms with Gasteiger partial charge in [0.2, 0.25) is 11.7 Å². The second kappa shape index (κ2) is 7.14. The molecule has 1 heterocycles. The van der Waals surface area contributed by atoms with Crippen LogP contribution in [0.25, 0.3) is 0 Å². The lowest BCUT2D eigenvalue weighted by atomic mass is 10.2. The van der Waals surface area contributed by atoms with E-state index in [1.165, 1.54) is 23.5 Å². The average molecular weight is 384 g/mol. The molecule has 114 valence electrons. The third-order valence-electron chi connectivity index (χ3n) is 2.59. The Bertz CT molecular complexity index is 731. The molecular formula is C13H10BrN3O4S. The van der Waals surface area contributed by atoms with Crippen LogP contribution < -0.4 is 5.43 Å². The lowest BCUT2D eigenvalue weighted by Gasteiger charge is -2.02. The summed E-state index contributed by atoms with van der Waals surface area (Å²) in [5, 5.41) is 26.2. The van der Waals surface area contributed by atoms with E-state index in [4.69, 9.17) is 0 Å². The van der Waals surface area contributed by atoms with Crippen LogP contribution in [-0.4, -0.2) is 22.2 Å². The topological polar surface area (TPSA) is 105 Å². The van der Waals surface area contributed by atoms with Crippen molar-refractivity contribution in [2.45, 2.75) is 6.42 Å². The van der Waals surface area contributed by atoms with E-state index in [2.05, 4.69) is 26.5 Å². The third kappa shape index (κ3) is 4.12. The van der Waals surface area contributed by atoms with Gasteiger partial charge in [0.25, 0.3) is 0 Å². The van der Waals surface area contributed by atoms with Crippen LogP contribution in [0.2, 0.25) is 0 Å². The fourth-order valence-electron chi connectivity index (χ4n) is 1.63. The zero-order valence-corrected chi connectivity index (χ0v) is 13.4. The molecule has 0 radical (unpaired) electrons. The predicted octanol–water partition coefficient (Wildman–Crippen LogP) is 2.82. The predicted molar refractivity (Wildman–Crippen MR) is 86.2 cm³/mol. The molecule has 22 heavy (non-hydrogen) atoms. The molecule has 0 unspecified atom stereocenters. The van der Waals surface area contributed by atoms with Gasteiger partial charge in [-0.2, -0.15) is 5.10 Å². The maximum absolute atomic E-state index is 11.6. The van der Waals surface area contributed by atoms with Crippen molar-refractivity contribution >= 4 is 45.1 Å². The molecule has 1 aromatic carbocycles. The number of nitro benzene ring substituents is 1. The van der Waals surface area contributed by atoms with Crippen molar-refractivity contribution in [1.82, 2.24) is 5.43 Å². The number of nitro groups is 1. The zero-order chi connectivity index (χ0) is 16.1. The Kier molecular flexibility index (Phi) is 5.23. The fraction of sp³-hybridized carbons (Fsp3) is 0.0769. The van der Waals surface area contributed by atoms with Crippen molar-refractivity contribution in [3.63, 3.8) is 0 Å². The van der Waals surface area contributed by atoms with Gasteiger partial charge in [-0.05, 0) is 17.5 Å². The number of benzene rings is 1. The standard InChI is InChI=1S/C13H10BrN3O4S/c14-9-4-8(13(19)11(5-9)17(20)21)7-15-16-12(18)6-10-2-1-3-22-10/h1-5,7,19H,6H2,(H,16,18). The Morgan fingerprint density at radius 2 is 2.32 bits per heavy atom. The number of hydrogen-bond donors (Lipinski definition) is 2. The number of amides is 1. The normalized spacial score (nSPS) is 10.8. The van der Waals surface area contributed by atoms with Crippen molar-refractivity contribution in [2.75, 3.05) is 0 Å². The molecule has 7 nitrogen and oxygen atoms in total. The molecule has 0 bridgehead atoms. The van der Waals surface area contributed by atoms with Crippen molar-refractivity contribution < 1.29 is 14.8 Å². The first kappa shape index (κ1) is 16.1. The van der Waals surface area contributed by atoms with Gasteiger partial charge < -0.3 is 5.11 Å². The van der Waals surface area contributed by atoms with E-state index in [0.717, 1.165) is 11.1 Å². The van der Waals surface area contributed by atoms with E-state index in [9.17, 15) is 20.0 Å². The molecule has 1 aromatic heterocycles. The van der Waals surface area contributed by atoms with Crippen LogP contribution in [0.5, 0.6) is 5.75 Å². The second-order valence-corrected chi connectivity index (χ2v) is 6.12. The monoisotopic (exact) mass is 383 g/mol. The summed E-state index contributed by atoms with van der Waals surface area (Å²) in [6.07, 6.45) is 1.35. The summed E-state index contributed by atoms with van der Waals surface area (Å²) in [7, 11) is 0. The van der Waals surface area contributed by atoms with Crippen LogP contribution in [-0.2, 0) is 11.2 Å². The smallest absolute Gasteiger partial charge is 0.312 e. The largest absolute Gasteiger partial charge is 0.502 e. The minimum Gasteiger partial charge on any atom is -0.502 e. The molecule has 9 heteroatoms. The summed E-state index contributed by atoms with van der Waals surface area (Å²) in [6, 6.07) is 6.31. The number of carbonyl (C=O) groups is 1. The highest BCUT2D eigenvalue weighted by Gasteiger charge is 2.17. The SMILES string of the molecule is O=C(Cc1cccs1)NN=Cc1cc(Br)cc([N+](=O)[O-])c1O. The molecule has 2 rings (SSSR count). The van der Waals surface area contributed by atoms with E-state index in [1.54, 1.807) is 0 Å². The molecular weight excluding hydrogens is 374 g/mol. The Labute approximate surface area is 137 Å². The number of rotatable bonds is 5. The van der Waals surface area contributed by atoms with Crippen LogP contribution in [0.15, 0.2) is 39.2 Å². The number of hydrazone groups is 1. The Morgan fingerprint density at radius 3 is 2.95 bits per heavy atom. The number of nitrogens with zero attached hydrogens (tertiary/aromatic N) is 2. The third-order valence-corrected chi connectivity index (χ3v) is 3.92. The number of phenolic OH excluding ortho intramolecular Hbond substituents is 1. The number of halogens is 1. The van der Waals surface area contributed by atoms with E-state index >= 15 is 0 Å². The first-order valence-corrected chi connectivity index (χ1v) is 7.66. The number of hydrogen-bond acceptors (Lipinski definition) is 6. The van der Waals surface area contributed by atoms with Crippen LogP contribution in [0.4, 0.5) is 5.69 Å². The van der Waals surface area contributed by atoms with Gasteiger partial charge in [-0.15, -0.1) is 11.3 Å². The van der Waals surface area contributed by atoms with Crippen LogP contribution >= 0.6 is 27.3 Å². The second-order valence-electron chi connectivity index (χ2n) is 4.17. The Morgan fingerprint density at radius 1 is 1.55 bits per heavy atom. The van der Waals surface area contributed by atoms with E-state index in [0.29, 0.717) is 4.47 Å². The Hall–Kier alpha value is -2.26. The molecule has 0 spiro atoms. The van der Waals surface area contributed by atoms with Crippen molar-refractivity contribution in [2.24, 2.45) is 5.10 Å². The van der Waals surface area contributed by atoms with Gasteiger partial charge in [-0.1, -0.05) is 22.0 Å². The average Bonchev–Trinajstić information content (AvgIpc) is 2.94. The van der Waals surface area contributed by atoms with Gasteiger partial charge in [0.05, 0.1) is 17.6 Å². The van der Waals surface area contributed by atoms with Gasteiger partial charge in [0.1, 0.15) is 0 Å². The molecule has 0 fully saturated rings. The van der Waals surface area contributed by atoms with Crippen molar-refractivity contribution in [3.05, 3.63) is 54.7 Å². The minimum atomic E-state index is -0.702. The molecule has 2 N–H and O–H groups in total. The quantitative estimate of drug-likeness (QED) is 0.470. The van der Waals surface area contributed by atoms with Crippen LogP contribution in [0, 0.1) is 10.1 Å². The van der Waals surface area contributed by atoms with Gasteiger partial charge in [0, 0.05) is 21.0 Å². The minimum absolute atomic E-state index is 0.123. The highest BCUT2D eigenvalue weighted by Crippen LogP contribution is 2.32. The summed E-state index contributed by atoms with van der Waals surface area (Å²) in [5.41, 5.74) is 1.98. The highest BCUT2D eigenvalue weighted by atomic mass is 79.9. The number of nitrogens with one attached hydrogen (secondary N) is 1. The fourth-order valence-corrected chi connectivity index (χ4v) is 2.79. The van der Waals surface area contributed by atoms with Gasteiger partial charge >= 0.3 is 5.69 Å². The maximum atomic E-state index is 11.6. The molecule has 0 aliphatic rings. The van der Waals surface area contributed by atoms with E-state index in [1.807, 2.05) is 17.5 Å². The lowest BCUT2D eigenvalue weighted by Crippen LogP contribution is -2.19. The van der Waals surface area contributed by atoms with Crippen LogP contribution in [0.3, 0.4) is 0 Å². The maximum Gasteiger partial charge on any atom is 0.312 e. The van der Waals surface area contributed by atoms with Crippen molar-refractivity contribution in [1.29, 1.82) is 0 Å². The molecule has 0 atom stereocenters. The molecule has 0 aliphatic heterocycles. The molecule has 0 saturated carbocycles. The summed E-state index contributed by atoms with van der Waals surface area (Å²) in [6.45, 7) is 0. The number of carbonyl (C=O) groups excluding carboxylic acids is 1. The Balaban J connectivity index is 2.07. The van der Waals surface area contributed by atoms with Gasteiger partial charge in [-0.3, -0.25) is 14.9 Å². The molecule has 0 aliphatic carbocycles. The number of phenols is 1. The summed E-state index contributed by atoms with van der Waals surface area (Å²) < 4.78 is 0.420.